The Hall–Kier alpha value is -2.98. The summed E-state index contributed by atoms with van der Waals surface area (Å²) in [5.74, 6) is -0.822. The van der Waals surface area contributed by atoms with Gasteiger partial charge < -0.3 is 15.5 Å². The highest BCUT2D eigenvalue weighted by Crippen LogP contribution is 2.32. The summed E-state index contributed by atoms with van der Waals surface area (Å²) in [6.07, 6.45) is -0.478. The van der Waals surface area contributed by atoms with Crippen LogP contribution in [0.4, 0.5) is 18.9 Å². The maximum absolute atomic E-state index is 12.9. The Labute approximate surface area is 182 Å². The molecule has 0 aliphatic carbocycles. The monoisotopic (exact) mass is 450 g/mol. The van der Waals surface area contributed by atoms with Crippen molar-refractivity contribution in [3.8, 4) is 0 Å². The molecule has 172 valence electrons. The zero-order valence-corrected chi connectivity index (χ0v) is 17.8. The van der Waals surface area contributed by atoms with Crippen LogP contribution in [0.25, 0.3) is 10.9 Å². The number of fused-ring (bicyclic) bond motifs is 1. The number of hydrogen-bond acceptors (Lipinski definition) is 5. The van der Waals surface area contributed by atoms with Crippen LogP contribution in [-0.4, -0.2) is 37.5 Å². The van der Waals surface area contributed by atoms with Gasteiger partial charge in [-0.15, -0.1) is 0 Å². The van der Waals surface area contributed by atoms with E-state index >= 15 is 0 Å². The van der Waals surface area contributed by atoms with E-state index in [4.69, 9.17) is 5.11 Å². The second kappa shape index (κ2) is 9.25. The van der Waals surface area contributed by atoms with Crippen LogP contribution in [0.1, 0.15) is 54.9 Å². The average molecular weight is 450 g/mol. The third-order valence-corrected chi connectivity index (χ3v) is 4.92. The summed E-state index contributed by atoms with van der Waals surface area (Å²) in [6, 6.07) is 6.38. The number of aromatic nitrogens is 3. The van der Waals surface area contributed by atoms with Crippen molar-refractivity contribution >= 4 is 22.5 Å². The molecule has 10 heteroatoms. The number of halogens is 3. The van der Waals surface area contributed by atoms with Gasteiger partial charge in [0.05, 0.1) is 11.1 Å². The predicted molar refractivity (Wildman–Crippen MR) is 113 cm³/mol. The van der Waals surface area contributed by atoms with Crippen LogP contribution >= 0.6 is 0 Å². The number of carbonyl (C=O) groups excluding carboxylic acids is 1. The summed E-state index contributed by atoms with van der Waals surface area (Å²) in [7, 11) is 0. The van der Waals surface area contributed by atoms with Gasteiger partial charge in [0.15, 0.2) is 0 Å². The number of amides is 1. The van der Waals surface area contributed by atoms with Gasteiger partial charge in [0, 0.05) is 36.0 Å². The Bertz CT molecular complexity index is 1100. The Morgan fingerprint density at radius 2 is 1.91 bits per heavy atom. The molecule has 0 saturated heterocycles. The summed E-state index contributed by atoms with van der Waals surface area (Å²) in [5.41, 5.74) is -1.65. The molecule has 2 aromatic heterocycles. The van der Waals surface area contributed by atoms with Gasteiger partial charge in [0.1, 0.15) is 11.4 Å². The molecule has 3 aromatic rings. The van der Waals surface area contributed by atoms with E-state index in [2.05, 4.69) is 15.4 Å². The molecular formula is C22H25F3N4O3. The van der Waals surface area contributed by atoms with Crippen molar-refractivity contribution in [3.63, 3.8) is 0 Å². The number of hydrogen-bond donors (Lipinski definition) is 3. The zero-order valence-electron chi connectivity index (χ0n) is 17.8. The second-order valence-electron chi connectivity index (χ2n) is 8.05. The maximum atomic E-state index is 12.9. The Morgan fingerprint density at radius 1 is 1.16 bits per heavy atom. The number of carbonyl (C=O) groups is 1. The van der Waals surface area contributed by atoms with Gasteiger partial charge in [-0.1, -0.05) is 6.07 Å². The number of anilines is 1. The van der Waals surface area contributed by atoms with Crippen LogP contribution in [0, 0.1) is 0 Å². The highest BCUT2D eigenvalue weighted by molar-refractivity contribution is 6.04. The van der Waals surface area contributed by atoms with Gasteiger partial charge >= 0.3 is 6.18 Å². The lowest BCUT2D eigenvalue weighted by molar-refractivity contribution is -0.141. The second-order valence-corrected chi connectivity index (χ2v) is 8.05. The molecule has 1 aromatic carbocycles. The standard InChI is InChI=1S/C22H25F3N4O3/c1-21(2,32)15-12-17-14(13-29(28-17)9-4-3-5-10-30)11-18(15)27-20(31)16-7-6-8-19(26-16)22(23,24)25/h6-8,11-13,30,32H,3-5,9-10H2,1-2H3,(H,27,31). The van der Waals surface area contributed by atoms with Crippen molar-refractivity contribution in [2.75, 3.05) is 11.9 Å². The van der Waals surface area contributed by atoms with E-state index in [1.807, 2.05) is 0 Å². The van der Waals surface area contributed by atoms with E-state index in [-0.39, 0.29) is 18.0 Å². The van der Waals surface area contributed by atoms with E-state index in [1.54, 1.807) is 23.0 Å². The number of unbranched alkanes of at least 4 members (excludes halogenated alkanes) is 2. The SMILES string of the molecule is CC(C)(O)c1cc2nn(CCCCCO)cc2cc1NC(=O)c1cccc(C(F)(F)F)n1. The molecule has 2 heterocycles. The smallest absolute Gasteiger partial charge is 0.396 e. The quantitative estimate of drug-likeness (QED) is 0.449. The third kappa shape index (κ3) is 5.63. The molecule has 0 atom stereocenters. The van der Waals surface area contributed by atoms with E-state index in [0.29, 0.717) is 29.4 Å². The van der Waals surface area contributed by atoms with Gasteiger partial charge in [-0.3, -0.25) is 9.48 Å². The molecule has 0 bridgehead atoms. The molecule has 0 aliphatic rings. The summed E-state index contributed by atoms with van der Waals surface area (Å²) >= 11 is 0. The number of rotatable bonds is 8. The molecule has 3 rings (SSSR count). The number of nitrogens with zero attached hydrogens (tertiary/aromatic N) is 3. The molecule has 0 radical (unpaired) electrons. The Kier molecular flexibility index (Phi) is 6.85. The maximum Gasteiger partial charge on any atom is 0.433 e. The highest BCUT2D eigenvalue weighted by Gasteiger charge is 2.33. The Balaban J connectivity index is 1.91. The summed E-state index contributed by atoms with van der Waals surface area (Å²) in [5, 5.41) is 27.3. The first kappa shape index (κ1) is 23.7. The fourth-order valence-corrected chi connectivity index (χ4v) is 3.31. The van der Waals surface area contributed by atoms with E-state index in [0.717, 1.165) is 25.0 Å². The topological polar surface area (TPSA) is 100 Å². The molecule has 0 fully saturated rings. The molecule has 3 N–H and O–H groups in total. The minimum atomic E-state index is -4.67. The van der Waals surface area contributed by atoms with Crippen LogP contribution in [0.5, 0.6) is 0 Å². The first-order chi connectivity index (χ1) is 15.0. The number of aliphatic hydroxyl groups is 2. The van der Waals surface area contributed by atoms with Crippen molar-refractivity contribution in [3.05, 3.63) is 53.5 Å². The lowest BCUT2D eigenvalue weighted by Gasteiger charge is -2.22. The van der Waals surface area contributed by atoms with Gasteiger partial charge in [-0.25, -0.2) is 4.98 Å². The fourth-order valence-electron chi connectivity index (χ4n) is 3.31. The number of alkyl halides is 3. The minimum absolute atomic E-state index is 0.139. The third-order valence-electron chi connectivity index (χ3n) is 4.92. The van der Waals surface area contributed by atoms with Crippen LogP contribution in [0.3, 0.4) is 0 Å². The molecule has 32 heavy (non-hydrogen) atoms. The van der Waals surface area contributed by atoms with E-state index in [9.17, 15) is 23.1 Å². The molecule has 0 unspecified atom stereocenters. The van der Waals surface area contributed by atoms with E-state index in [1.165, 1.54) is 19.9 Å². The molecule has 0 spiro atoms. The number of benzene rings is 1. The lowest BCUT2D eigenvalue weighted by atomic mass is 9.95. The number of aliphatic hydroxyl groups excluding tert-OH is 1. The average Bonchev–Trinajstić information content (AvgIpc) is 3.11. The van der Waals surface area contributed by atoms with Crippen LogP contribution in [0.15, 0.2) is 36.5 Å². The van der Waals surface area contributed by atoms with Crippen LogP contribution < -0.4 is 5.32 Å². The minimum Gasteiger partial charge on any atom is -0.396 e. The van der Waals surface area contributed by atoms with Gasteiger partial charge in [0.2, 0.25) is 0 Å². The molecule has 0 saturated carbocycles. The first-order valence-electron chi connectivity index (χ1n) is 10.2. The zero-order chi connectivity index (χ0) is 23.5. The molecular weight excluding hydrogens is 425 g/mol. The van der Waals surface area contributed by atoms with Crippen molar-refractivity contribution in [2.24, 2.45) is 0 Å². The predicted octanol–water partition coefficient (Wildman–Crippen LogP) is 4.09. The van der Waals surface area contributed by atoms with Gasteiger partial charge in [-0.2, -0.15) is 18.3 Å². The largest absolute Gasteiger partial charge is 0.433 e. The summed E-state index contributed by atoms with van der Waals surface area (Å²) in [6.45, 7) is 3.86. The van der Waals surface area contributed by atoms with Crippen molar-refractivity contribution in [1.82, 2.24) is 14.8 Å². The van der Waals surface area contributed by atoms with Crippen LogP contribution in [-0.2, 0) is 18.3 Å². The fraction of sp³-hybridized carbons (Fsp3) is 0.409. The van der Waals surface area contributed by atoms with E-state index < -0.39 is 23.4 Å². The van der Waals surface area contributed by atoms with Crippen molar-refractivity contribution < 1.29 is 28.2 Å². The highest BCUT2D eigenvalue weighted by atomic mass is 19.4. The van der Waals surface area contributed by atoms with Gasteiger partial charge in [-0.05, 0) is 57.4 Å². The number of pyridine rings is 1. The normalized spacial score (nSPS) is 12.3. The molecule has 7 nitrogen and oxygen atoms in total. The number of nitrogens with one attached hydrogen (secondary N) is 1. The number of aryl methyl sites for hydroxylation is 1. The van der Waals surface area contributed by atoms with Crippen LogP contribution in [0.2, 0.25) is 0 Å². The molecule has 0 aliphatic heterocycles. The van der Waals surface area contributed by atoms with Crippen molar-refractivity contribution in [1.29, 1.82) is 0 Å². The Morgan fingerprint density at radius 3 is 2.56 bits per heavy atom. The first-order valence-corrected chi connectivity index (χ1v) is 10.2. The lowest BCUT2D eigenvalue weighted by Crippen LogP contribution is -2.22. The molecule has 1 amide bonds. The summed E-state index contributed by atoms with van der Waals surface area (Å²) < 4.78 is 40.6. The summed E-state index contributed by atoms with van der Waals surface area (Å²) in [4.78, 5) is 16.1. The van der Waals surface area contributed by atoms with Gasteiger partial charge in [0.25, 0.3) is 5.91 Å². The van der Waals surface area contributed by atoms with Crippen molar-refractivity contribution in [2.45, 2.75) is 51.4 Å².